The molecule has 8 nitrogen and oxygen atoms in total. The summed E-state index contributed by atoms with van der Waals surface area (Å²) in [6.45, 7) is 9.14. The summed E-state index contributed by atoms with van der Waals surface area (Å²) in [5.41, 5.74) is 3.21. The van der Waals surface area contributed by atoms with Crippen molar-refractivity contribution in [2.45, 2.75) is 32.0 Å². The summed E-state index contributed by atoms with van der Waals surface area (Å²) in [6, 6.07) is 23.9. The molecule has 9 heteroatoms. The molecule has 1 aliphatic rings. The lowest BCUT2D eigenvalue weighted by Crippen LogP contribution is -2.58. The number of Topliss-reactive ketones (excluding diaryl/α,β-unsaturated/α-hetero) is 1. The third kappa shape index (κ3) is 5.81. The fourth-order valence-corrected chi connectivity index (χ4v) is 6.22. The van der Waals surface area contributed by atoms with Crippen LogP contribution in [0.2, 0.25) is 5.02 Å². The largest absolute Gasteiger partial charge is 0.339 e. The van der Waals surface area contributed by atoms with Crippen LogP contribution in [0.1, 0.15) is 51.7 Å². The Balaban J connectivity index is 1.45. The SMILES string of the molecule is C=CCN(C)C(=O)C(=O)c1cn(N)c2cc(Cl)c(C(=O)N3C[C@H](C)N(C(c4ccccc4)c4ccccc4)C[C@H]3C)cc12. The molecule has 222 valence electrons. The van der Waals surface area contributed by atoms with E-state index in [1.54, 1.807) is 12.1 Å². The number of hydrogen-bond donors (Lipinski definition) is 1. The van der Waals surface area contributed by atoms with Crippen molar-refractivity contribution in [3.8, 4) is 0 Å². The van der Waals surface area contributed by atoms with Crippen LogP contribution in [0.15, 0.2) is 91.6 Å². The van der Waals surface area contributed by atoms with E-state index in [0.29, 0.717) is 24.0 Å². The molecule has 0 saturated carbocycles. The number of nitrogens with zero attached hydrogens (tertiary/aromatic N) is 4. The van der Waals surface area contributed by atoms with Gasteiger partial charge in [-0.2, -0.15) is 0 Å². The Morgan fingerprint density at radius 3 is 2.16 bits per heavy atom. The van der Waals surface area contributed by atoms with Crippen molar-refractivity contribution in [2.24, 2.45) is 0 Å². The zero-order chi connectivity index (χ0) is 30.8. The summed E-state index contributed by atoms with van der Waals surface area (Å²) in [4.78, 5) is 45.5. The lowest BCUT2D eigenvalue weighted by molar-refractivity contribution is -0.124. The Bertz CT molecular complexity index is 1630. The normalized spacial score (nSPS) is 17.3. The van der Waals surface area contributed by atoms with Crippen LogP contribution in [0, 0.1) is 0 Å². The molecule has 0 unspecified atom stereocenters. The molecule has 0 spiro atoms. The Kier molecular flexibility index (Phi) is 8.71. The molecule has 2 atom stereocenters. The van der Waals surface area contributed by atoms with Crippen molar-refractivity contribution in [1.29, 1.82) is 0 Å². The topological polar surface area (TPSA) is 91.9 Å². The molecule has 0 aliphatic carbocycles. The van der Waals surface area contributed by atoms with Gasteiger partial charge < -0.3 is 15.6 Å². The first kappa shape index (κ1) is 30.1. The number of piperazine rings is 1. The van der Waals surface area contributed by atoms with E-state index < -0.39 is 11.7 Å². The molecule has 2 heterocycles. The molecule has 3 aromatic carbocycles. The number of carbonyl (C=O) groups excluding carboxylic acids is 3. The third-order valence-electron chi connectivity index (χ3n) is 8.20. The van der Waals surface area contributed by atoms with Crippen LogP contribution in [0.25, 0.3) is 10.9 Å². The van der Waals surface area contributed by atoms with E-state index in [-0.39, 0.29) is 46.7 Å². The Morgan fingerprint density at radius 1 is 0.977 bits per heavy atom. The van der Waals surface area contributed by atoms with Gasteiger partial charge in [0.2, 0.25) is 0 Å². The molecular formula is C34H36ClN5O3. The number of fused-ring (bicyclic) bond motifs is 1. The number of amides is 2. The number of aromatic nitrogens is 1. The second kappa shape index (κ2) is 12.5. The van der Waals surface area contributed by atoms with Crippen LogP contribution in [-0.4, -0.2) is 75.7 Å². The number of hydrogen-bond acceptors (Lipinski definition) is 5. The molecule has 43 heavy (non-hydrogen) atoms. The van der Waals surface area contributed by atoms with Crippen molar-refractivity contribution in [3.63, 3.8) is 0 Å². The minimum absolute atomic E-state index is 0.0340. The van der Waals surface area contributed by atoms with Crippen molar-refractivity contribution < 1.29 is 14.4 Å². The van der Waals surface area contributed by atoms with Gasteiger partial charge in [-0.1, -0.05) is 78.3 Å². The second-order valence-corrected chi connectivity index (χ2v) is 11.6. The molecule has 2 amide bonds. The molecule has 1 fully saturated rings. The number of nitrogen functional groups attached to an aromatic ring is 1. The van der Waals surface area contributed by atoms with Gasteiger partial charge in [0.15, 0.2) is 0 Å². The van der Waals surface area contributed by atoms with Crippen molar-refractivity contribution in [1.82, 2.24) is 19.4 Å². The molecule has 1 saturated heterocycles. The van der Waals surface area contributed by atoms with Gasteiger partial charge in [-0.15, -0.1) is 6.58 Å². The van der Waals surface area contributed by atoms with Gasteiger partial charge in [0.25, 0.3) is 17.6 Å². The fourth-order valence-electron chi connectivity index (χ4n) is 5.98. The molecule has 5 rings (SSSR count). The zero-order valence-electron chi connectivity index (χ0n) is 24.6. The lowest BCUT2D eigenvalue weighted by atomic mass is 9.93. The molecule has 1 aliphatic heterocycles. The van der Waals surface area contributed by atoms with Crippen LogP contribution >= 0.6 is 11.6 Å². The summed E-state index contributed by atoms with van der Waals surface area (Å²) < 4.78 is 1.25. The average Bonchev–Trinajstić information content (AvgIpc) is 3.33. The van der Waals surface area contributed by atoms with E-state index in [9.17, 15) is 14.4 Å². The molecule has 0 radical (unpaired) electrons. The average molecular weight is 598 g/mol. The van der Waals surface area contributed by atoms with E-state index in [1.165, 1.54) is 40.0 Å². The van der Waals surface area contributed by atoms with Gasteiger partial charge >= 0.3 is 0 Å². The van der Waals surface area contributed by atoms with Crippen LogP contribution < -0.4 is 5.84 Å². The smallest absolute Gasteiger partial charge is 0.295 e. The Hall–Kier alpha value is -4.40. The van der Waals surface area contributed by atoms with Crippen LogP contribution in [-0.2, 0) is 4.79 Å². The van der Waals surface area contributed by atoms with Crippen molar-refractivity contribution in [3.05, 3.63) is 119 Å². The molecule has 4 aromatic rings. The number of likely N-dealkylation sites (N-methyl/N-ethyl adjacent to an activating group) is 1. The van der Waals surface area contributed by atoms with E-state index >= 15 is 0 Å². The number of ketones is 1. The highest BCUT2D eigenvalue weighted by Crippen LogP contribution is 2.35. The molecule has 1 aromatic heterocycles. The van der Waals surface area contributed by atoms with Crippen LogP contribution in [0.3, 0.4) is 0 Å². The highest BCUT2D eigenvalue weighted by molar-refractivity contribution is 6.45. The highest BCUT2D eigenvalue weighted by atomic mass is 35.5. The summed E-state index contributed by atoms with van der Waals surface area (Å²) in [5.74, 6) is 4.48. The van der Waals surface area contributed by atoms with Gasteiger partial charge in [0.05, 0.1) is 27.7 Å². The lowest BCUT2D eigenvalue weighted by Gasteiger charge is -2.47. The van der Waals surface area contributed by atoms with Crippen molar-refractivity contribution >= 4 is 40.1 Å². The van der Waals surface area contributed by atoms with Crippen LogP contribution in [0.4, 0.5) is 0 Å². The van der Waals surface area contributed by atoms with E-state index in [1.807, 2.05) is 24.0 Å². The number of nitrogens with two attached hydrogens (primary N) is 1. The first-order valence-electron chi connectivity index (χ1n) is 14.3. The maximum absolute atomic E-state index is 14.1. The van der Waals surface area contributed by atoms with Crippen LogP contribution in [0.5, 0.6) is 0 Å². The maximum Gasteiger partial charge on any atom is 0.295 e. The Morgan fingerprint density at radius 2 is 1.58 bits per heavy atom. The highest BCUT2D eigenvalue weighted by Gasteiger charge is 2.37. The number of halogens is 1. The quantitative estimate of drug-likeness (QED) is 0.131. The predicted octanol–water partition coefficient (Wildman–Crippen LogP) is 5.16. The van der Waals surface area contributed by atoms with Gasteiger partial charge in [0.1, 0.15) is 0 Å². The molecule has 2 N–H and O–H groups in total. The summed E-state index contributed by atoms with van der Waals surface area (Å²) in [6.07, 6.45) is 2.94. The third-order valence-corrected chi connectivity index (χ3v) is 8.51. The van der Waals surface area contributed by atoms with E-state index in [4.69, 9.17) is 17.4 Å². The number of carbonyl (C=O) groups is 3. The monoisotopic (exact) mass is 597 g/mol. The standard InChI is InChI=1S/C34H36ClN5O3/c1-5-16-37(4)34(43)32(41)28-21-40(36)30-18-29(35)27(17-26(28)30)33(42)39-20-22(2)38(19-23(39)3)31(24-12-8-6-9-13-24)25-14-10-7-11-15-25/h5-15,17-18,21-23,31H,1,16,19-20,36H2,2-4H3/t22-,23+/m0/s1. The summed E-state index contributed by atoms with van der Waals surface area (Å²) >= 11 is 6.66. The van der Waals surface area contributed by atoms with Gasteiger partial charge in [-0.3, -0.25) is 24.0 Å². The zero-order valence-corrected chi connectivity index (χ0v) is 25.4. The first-order chi connectivity index (χ1) is 20.6. The number of benzene rings is 3. The van der Waals surface area contributed by atoms with E-state index in [2.05, 4.69) is 66.9 Å². The summed E-state index contributed by atoms with van der Waals surface area (Å²) in [7, 11) is 1.53. The number of rotatable bonds is 8. The first-order valence-corrected chi connectivity index (χ1v) is 14.7. The predicted molar refractivity (Wildman–Crippen MR) is 171 cm³/mol. The minimum Gasteiger partial charge on any atom is -0.339 e. The fraction of sp³-hybridized carbons (Fsp3) is 0.265. The molecular weight excluding hydrogens is 562 g/mol. The van der Waals surface area contributed by atoms with Crippen molar-refractivity contribution in [2.75, 3.05) is 32.5 Å². The molecule has 0 bridgehead atoms. The van der Waals surface area contributed by atoms with E-state index in [0.717, 1.165) is 0 Å². The van der Waals surface area contributed by atoms with Gasteiger partial charge in [-0.25, -0.2) is 0 Å². The minimum atomic E-state index is -0.720. The van der Waals surface area contributed by atoms with Gasteiger partial charge in [0, 0.05) is 50.3 Å². The van der Waals surface area contributed by atoms with Gasteiger partial charge in [-0.05, 0) is 37.1 Å². The second-order valence-electron chi connectivity index (χ2n) is 11.2. The summed E-state index contributed by atoms with van der Waals surface area (Å²) in [5, 5.41) is 0.623. The Labute approximate surface area is 256 Å². The maximum atomic E-state index is 14.1.